The van der Waals surface area contributed by atoms with Crippen LogP contribution in [0, 0.1) is 0 Å². The zero-order valence-electron chi connectivity index (χ0n) is 10.1. The monoisotopic (exact) mass is 279 g/mol. The van der Waals surface area contributed by atoms with Gasteiger partial charge in [-0.05, 0) is 36.6 Å². The van der Waals surface area contributed by atoms with Crippen molar-refractivity contribution in [2.24, 2.45) is 0 Å². The first-order valence-corrected chi connectivity index (χ1v) is 7.53. The summed E-state index contributed by atoms with van der Waals surface area (Å²) in [6.07, 6.45) is 3.79. The minimum absolute atomic E-state index is 0.00729. The SMILES string of the molecule is O=C(O)c1ccc2c(c1)S(=O)(=O)C(CNC1CC1)=C2. The van der Waals surface area contributed by atoms with Gasteiger partial charge in [0.2, 0.25) is 9.84 Å². The summed E-state index contributed by atoms with van der Waals surface area (Å²) in [5.74, 6) is -1.12. The second-order valence-electron chi connectivity index (χ2n) is 4.83. The Hall–Kier alpha value is -1.66. The summed E-state index contributed by atoms with van der Waals surface area (Å²) in [6.45, 7) is 0.310. The summed E-state index contributed by atoms with van der Waals surface area (Å²) in [5.41, 5.74) is 0.560. The van der Waals surface area contributed by atoms with Crippen molar-refractivity contribution < 1.29 is 18.3 Å². The van der Waals surface area contributed by atoms with Gasteiger partial charge in [0.25, 0.3) is 0 Å². The zero-order chi connectivity index (χ0) is 13.6. The Labute approximate surface area is 110 Å². The van der Waals surface area contributed by atoms with Crippen LogP contribution < -0.4 is 5.32 Å². The van der Waals surface area contributed by atoms with Gasteiger partial charge in [-0.3, -0.25) is 0 Å². The Morgan fingerprint density at radius 3 is 2.74 bits per heavy atom. The molecule has 1 aliphatic heterocycles. The molecule has 2 aliphatic rings. The van der Waals surface area contributed by atoms with Crippen molar-refractivity contribution in [3.8, 4) is 0 Å². The van der Waals surface area contributed by atoms with E-state index in [1.165, 1.54) is 12.1 Å². The minimum Gasteiger partial charge on any atom is -0.478 e. The van der Waals surface area contributed by atoms with E-state index < -0.39 is 15.8 Å². The zero-order valence-corrected chi connectivity index (χ0v) is 10.9. The van der Waals surface area contributed by atoms with Crippen molar-refractivity contribution in [2.75, 3.05) is 6.54 Å². The molecule has 0 bridgehead atoms. The number of nitrogens with one attached hydrogen (secondary N) is 1. The molecule has 19 heavy (non-hydrogen) atoms. The molecular formula is C13H13NO4S. The Kier molecular flexibility index (Phi) is 2.72. The van der Waals surface area contributed by atoms with Crippen LogP contribution in [0.5, 0.6) is 0 Å². The van der Waals surface area contributed by atoms with E-state index in [1.807, 2.05) is 0 Å². The van der Waals surface area contributed by atoms with E-state index in [1.54, 1.807) is 12.1 Å². The van der Waals surface area contributed by atoms with Crippen LogP contribution in [0.25, 0.3) is 6.08 Å². The fourth-order valence-electron chi connectivity index (χ4n) is 2.09. The van der Waals surface area contributed by atoms with Crippen LogP contribution in [0.4, 0.5) is 0 Å². The van der Waals surface area contributed by atoms with Gasteiger partial charge in [-0.25, -0.2) is 13.2 Å². The Balaban J connectivity index is 1.93. The second kappa shape index (κ2) is 4.18. The molecule has 1 aromatic rings. The molecule has 1 saturated carbocycles. The van der Waals surface area contributed by atoms with E-state index in [-0.39, 0.29) is 10.5 Å². The van der Waals surface area contributed by atoms with Gasteiger partial charge in [0.15, 0.2) is 0 Å². The molecule has 0 aromatic heterocycles. The molecule has 0 atom stereocenters. The van der Waals surface area contributed by atoms with Crippen LogP contribution >= 0.6 is 0 Å². The number of rotatable bonds is 4. The lowest BCUT2D eigenvalue weighted by Gasteiger charge is -2.05. The normalized spacial score (nSPS) is 19.9. The standard InChI is InChI=1S/C13H13NO4S/c15-13(16)9-2-1-8-5-11(7-14-10-3-4-10)19(17,18)12(8)6-9/h1-2,5-6,10,14H,3-4,7H2,(H,15,16). The van der Waals surface area contributed by atoms with Gasteiger partial charge >= 0.3 is 5.97 Å². The second-order valence-corrected chi connectivity index (χ2v) is 6.80. The van der Waals surface area contributed by atoms with E-state index in [0.717, 1.165) is 12.8 Å². The van der Waals surface area contributed by atoms with Crippen LogP contribution in [0.1, 0.15) is 28.8 Å². The maximum atomic E-state index is 12.3. The average Bonchev–Trinajstić information content (AvgIpc) is 3.14. The maximum absolute atomic E-state index is 12.3. The number of hydrogen-bond acceptors (Lipinski definition) is 4. The number of carboxylic acids is 1. The molecule has 0 radical (unpaired) electrons. The first kappa shape index (κ1) is 12.4. The first-order valence-electron chi connectivity index (χ1n) is 6.05. The van der Waals surface area contributed by atoms with Gasteiger partial charge in [0, 0.05) is 12.6 Å². The Morgan fingerprint density at radius 2 is 2.11 bits per heavy atom. The van der Waals surface area contributed by atoms with Crippen molar-refractivity contribution in [1.29, 1.82) is 0 Å². The van der Waals surface area contributed by atoms with Gasteiger partial charge in [0.05, 0.1) is 15.4 Å². The van der Waals surface area contributed by atoms with Gasteiger partial charge in [-0.1, -0.05) is 6.07 Å². The molecule has 0 unspecified atom stereocenters. The molecule has 1 aliphatic carbocycles. The number of carboxylic acid groups (broad SMARTS) is 1. The highest BCUT2D eigenvalue weighted by Gasteiger charge is 2.31. The van der Waals surface area contributed by atoms with Gasteiger partial charge < -0.3 is 10.4 Å². The van der Waals surface area contributed by atoms with Crippen molar-refractivity contribution in [3.05, 3.63) is 34.2 Å². The summed E-state index contributed by atoms with van der Waals surface area (Å²) in [5, 5.41) is 12.1. The molecule has 1 heterocycles. The highest BCUT2D eigenvalue weighted by Crippen LogP contribution is 2.33. The van der Waals surface area contributed by atoms with Crippen molar-refractivity contribution in [1.82, 2.24) is 5.32 Å². The van der Waals surface area contributed by atoms with Crippen LogP contribution in [-0.2, 0) is 9.84 Å². The van der Waals surface area contributed by atoms with Crippen molar-refractivity contribution in [2.45, 2.75) is 23.8 Å². The van der Waals surface area contributed by atoms with Gasteiger partial charge in [0.1, 0.15) is 0 Å². The van der Waals surface area contributed by atoms with E-state index in [9.17, 15) is 13.2 Å². The fourth-order valence-corrected chi connectivity index (χ4v) is 3.65. The summed E-state index contributed by atoms with van der Waals surface area (Å²) in [4.78, 5) is 11.3. The lowest BCUT2D eigenvalue weighted by atomic mass is 10.1. The number of benzene rings is 1. The Morgan fingerprint density at radius 1 is 1.37 bits per heavy atom. The predicted molar refractivity (Wildman–Crippen MR) is 69.6 cm³/mol. The quantitative estimate of drug-likeness (QED) is 0.867. The third-order valence-corrected chi connectivity index (χ3v) is 5.24. The van der Waals surface area contributed by atoms with E-state index >= 15 is 0 Å². The molecule has 3 rings (SSSR count). The van der Waals surface area contributed by atoms with Crippen LogP contribution in [0.3, 0.4) is 0 Å². The Bertz CT molecular complexity index is 687. The fraction of sp³-hybridized carbons (Fsp3) is 0.308. The number of sulfone groups is 1. The number of hydrogen-bond donors (Lipinski definition) is 2. The highest BCUT2D eigenvalue weighted by molar-refractivity contribution is 7.95. The molecule has 1 fully saturated rings. The minimum atomic E-state index is -3.54. The molecular weight excluding hydrogens is 266 g/mol. The van der Waals surface area contributed by atoms with Crippen LogP contribution in [-0.4, -0.2) is 32.1 Å². The van der Waals surface area contributed by atoms with E-state index in [4.69, 9.17) is 5.11 Å². The van der Waals surface area contributed by atoms with Crippen LogP contribution in [0.15, 0.2) is 28.0 Å². The predicted octanol–water partition coefficient (Wildman–Crippen LogP) is 1.26. The molecule has 0 spiro atoms. The molecule has 0 amide bonds. The van der Waals surface area contributed by atoms with E-state index in [2.05, 4.69) is 5.32 Å². The summed E-state index contributed by atoms with van der Waals surface area (Å²) in [6, 6.07) is 4.62. The molecule has 0 saturated heterocycles. The van der Waals surface area contributed by atoms with Gasteiger partial charge in [-0.2, -0.15) is 0 Å². The molecule has 2 N–H and O–H groups in total. The molecule has 100 valence electrons. The van der Waals surface area contributed by atoms with Crippen molar-refractivity contribution >= 4 is 21.9 Å². The molecule has 5 nitrogen and oxygen atoms in total. The number of aromatic carboxylic acids is 1. The largest absolute Gasteiger partial charge is 0.478 e. The lowest BCUT2D eigenvalue weighted by molar-refractivity contribution is 0.0696. The van der Waals surface area contributed by atoms with Crippen LogP contribution in [0.2, 0.25) is 0 Å². The van der Waals surface area contributed by atoms with Gasteiger partial charge in [-0.15, -0.1) is 0 Å². The topological polar surface area (TPSA) is 83.5 Å². The third-order valence-electron chi connectivity index (χ3n) is 3.35. The number of fused-ring (bicyclic) bond motifs is 1. The summed E-state index contributed by atoms with van der Waals surface area (Å²) < 4.78 is 24.6. The highest BCUT2D eigenvalue weighted by atomic mass is 32.2. The molecule has 1 aromatic carbocycles. The third kappa shape index (κ3) is 2.17. The summed E-state index contributed by atoms with van der Waals surface area (Å²) in [7, 11) is -3.54. The maximum Gasteiger partial charge on any atom is 0.335 e. The number of carbonyl (C=O) groups is 1. The molecule has 6 heteroatoms. The van der Waals surface area contributed by atoms with Crippen molar-refractivity contribution in [3.63, 3.8) is 0 Å². The first-order chi connectivity index (χ1) is 8.98. The average molecular weight is 279 g/mol. The van der Waals surface area contributed by atoms with E-state index in [0.29, 0.717) is 23.1 Å². The lowest BCUT2D eigenvalue weighted by Crippen LogP contribution is -2.21. The smallest absolute Gasteiger partial charge is 0.335 e. The summed E-state index contributed by atoms with van der Waals surface area (Å²) >= 11 is 0.